The van der Waals surface area contributed by atoms with Crippen molar-refractivity contribution in [3.05, 3.63) is 59.3 Å². The van der Waals surface area contributed by atoms with E-state index in [9.17, 15) is 9.18 Å². The van der Waals surface area contributed by atoms with E-state index in [0.717, 1.165) is 30.7 Å². The smallest absolute Gasteiger partial charge is 0.286 e. The molecule has 0 saturated carbocycles. The first-order valence-corrected chi connectivity index (χ1v) is 10.3. The molecule has 0 radical (unpaired) electrons. The number of furan rings is 1. The lowest BCUT2D eigenvalue weighted by atomic mass is 10.0. The van der Waals surface area contributed by atoms with Gasteiger partial charge in [-0.3, -0.25) is 4.79 Å². The Labute approximate surface area is 168 Å². The van der Waals surface area contributed by atoms with E-state index in [1.807, 2.05) is 18.2 Å². The van der Waals surface area contributed by atoms with Crippen LogP contribution in [0.1, 0.15) is 75.3 Å². The summed E-state index contributed by atoms with van der Waals surface area (Å²) in [6.07, 6.45) is 4.50. The molecule has 0 bridgehead atoms. The van der Waals surface area contributed by atoms with E-state index < -0.39 is 0 Å². The first-order valence-electron chi connectivity index (χ1n) is 10.3. The summed E-state index contributed by atoms with van der Waals surface area (Å²) in [6, 6.07) is 10.2. The zero-order valence-electron chi connectivity index (χ0n) is 17.6. The SMILES string of the molecule is CCCCCCNC(=O)c1ccc(C[NH+](Cc2ccc(F)cc2)C(C)(C)C)o1. The highest BCUT2D eigenvalue weighted by molar-refractivity contribution is 5.91. The predicted octanol–water partition coefficient (Wildman–Crippen LogP) is 4.11. The molecular formula is C23H34FN2O2+. The van der Waals surface area contributed by atoms with Crippen molar-refractivity contribution in [1.82, 2.24) is 5.32 Å². The molecule has 1 amide bonds. The van der Waals surface area contributed by atoms with Crippen LogP contribution in [0, 0.1) is 5.82 Å². The van der Waals surface area contributed by atoms with Crippen LogP contribution in [0.4, 0.5) is 4.39 Å². The Bertz CT molecular complexity index is 732. The molecule has 4 nitrogen and oxygen atoms in total. The number of rotatable bonds is 10. The minimum Gasteiger partial charge on any atom is -0.450 e. The van der Waals surface area contributed by atoms with Crippen molar-refractivity contribution < 1.29 is 18.5 Å². The van der Waals surface area contributed by atoms with Crippen LogP contribution in [0.3, 0.4) is 0 Å². The molecule has 0 aliphatic rings. The Morgan fingerprint density at radius 3 is 2.39 bits per heavy atom. The van der Waals surface area contributed by atoms with Gasteiger partial charge in [-0.1, -0.05) is 38.3 Å². The van der Waals surface area contributed by atoms with Crippen LogP contribution < -0.4 is 10.2 Å². The van der Waals surface area contributed by atoms with Crippen LogP contribution in [0.5, 0.6) is 0 Å². The molecule has 1 heterocycles. The molecular weight excluding hydrogens is 355 g/mol. The summed E-state index contributed by atoms with van der Waals surface area (Å²) in [6.45, 7) is 10.8. The van der Waals surface area contributed by atoms with Gasteiger partial charge in [0.15, 0.2) is 11.5 Å². The fourth-order valence-electron chi connectivity index (χ4n) is 3.09. The van der Waals surface area contributed by atoms with Gasteiger partial charge in [0, 0.05) is 12.1 Å². The summed E-state index contributed by atoms with van der Waals surface area (Å²) in [4.78, 5) is 13.5. The Hall–Kier alpha value is -2.14. The second-order valence-corrected chi connectivity index (χ2v) is 8.42. The largest absolute Gasteiger partial charge is 0.450 e. The molecule has 5 heteroatoms. The number of hydrogen-bond acceptors (Lipinski definition) is 2. The minimum absolute atomic E-state index is 0.0249. The quantitative estimate of drug-likeness (QED) is 0.601. The van der Waals surface area contributed by atoms with Gasteiger partial charge in [-0.05, 0) is 51.5 Å². The molecule has 0 aliphatic carbocycles. The fourth-order valence-corrected chi connectivity index (χ4v) is 3.09. The summed E-state index contributed by atoms with van der Waals surface area (Å²) in [5, 5.41) is 2.92. The lowest BCUT2D eigenvalue weighted by Gasteiger charge is -2.31. The predicted molar refractivity (Wildman–Crippen MR) is 110 cm³/mol. The van der Waals surface area contributed by atoms with Gasteiger partial charge in [0.05, 0.1) is 5.54 Å². The second-order valence-electron chi connectivity index (χ2n) is 8.42. The molecule has 2 N–H and O–H groups in total. The molecule has 28 heavy (non-hydrogen) atoms. The third kappa shape index (κ3) is 7.12. The zero-order valence-corrected chi connectivity index (χ0v) is 17.6. The average molecular weight is 390 g/mol. The van der Waals surface area contributed by atoms with Crippen LogP contribution in [-0.2, 0) is 13.1 Å². The van der Waals surface area contributed by atoms with Crippen molar-refractivity contribution in [2.45, 2.75) is 72.0 Å². The molecule has 0 spiro atoms. The monoisotopic (exact) mass is 389 g/mol. The van der Waals surface area contributed by atoms with Crippen LogP contribution in [0.25, 0.3) is 0 Å². The Kier molecular flexibility index (Phi) is 8.24. The van der Waals surface area contributed by atoms with E-state index in [1.54, 1.807) is 6.07 Å². The first-order chi connectivity index (χ1) is 13.3. The molecule has 2 rings (SSSR count). The Morgan fingerprint density at radius 2 is 1.75 bits per heavy atom. The van der Waals surface area contributed by atoms with Crippen molar-refractivity contribution in [2.24, 2.45) is 0 Å². The maximum absolute atomic E-state index is 13.2. The molecule has 2 aromatic rings. The van der Waals surface area contributed by atoms with Crippen molar-refractivity contribution in [2.75, 3.05) is 6.54 Å². The van der Waals surface area contributed by atoms with Gasteiger partial charge in [-0.25, -0.2) is 4.39 Å². The highest BCUT2D eigenvalue weighted by atomic mass is 19.1. The second kappa shape index (κ2) is 10.4. The van der Waals surface area contributed by atoms with Crippen LogP contribution >= 0.6 is 0 Å². The normalized spacial score (nSPS) is 12.8. The van der Waals surface area contributed by atoms with Crippen molar-refractivity contribution in [3.8, 4) is 0 Å². The van der Waals surface area contributed by atoms with Crippen LogP contribution in [0.2, 0.25) is 0 Å². The van der Waals surface area contributed by atoms with Crippen molar-refractivity contribution >= 4 is 5.91 Å². The fraction of sp³-hybridized carbons (Fsp3) is 0.522. The average Bonchev–Trinajstić information content (AvgIpc) is 3.10. The number of hydrogen-bond donors (Lipinski definition) is 2. The number of amides is 1. The van der Waals surface area contributed by atoms with E-state index >= 15 is 0 Å². The lowest BCUT2D eigenvalue weighted by Crippen LogP contribution is -3.16. The van der Waals surface area contributed by atoms with Gasteiger partial charge in [-0.2, -0.15) is 0 Å². The molecule has 1 unspecified atom stereocenters. The summed E-state index contributed by atoms with van der Waals surface area (Å²) in [5.41, 5.74) is 1.05. The summed E-state index contributed by atoms with van der Waals surface area (Å²) >= 11 is 0. The summed E-state index contributed by atoms with van der Waals surface area (Å²) in [7, 11) is 0. The molecule has 1 aromatic heterocycles. The van der Waals surface area contributed by atoms with E-state index in [2.05, 4.69) is 33.0 Å². The maximum Gasteiger partial charge on any atom is 0.286 e. The lowest BCUT2D eigenvalue weighted by molar-refractivity contribution is -0.973. The van der Waals surface area contributed by atoms with Gasteiger partial charge < -0.3 is 14.6 Å². The van der Waals surface area contributed by atoms with E-state index in [-0.39, 0.29) is 17.3 Å². The van der Waals surface area contributed by atoms with Gasteiger partial charge in [0.2, 0.25) is 0 Å². The van der Waals surface area contributed by atoms with E-state index in [0.29, 0.717) is 18.8 Å². The molecule has 1 atom stereocenters. The number of halogens is 1. The van der Waals surface area contributed by atoms with Gasteiger partial charge in [0.1, 0.15) is 18.9 Å². The highest BCUT2D eigenvalue weighted by Crippen LogP contribution is 2.09. The topological polar surface area (TPSA) is 46.7 Å². The minimum atomic E-state index is -0.225. The van der Waals surface area contributed by atoms with Gasteiger partial charge in [0.25, 0.3) is 5.91 Å². The van der Waals surface area contributed by atoms with E-state index in [4.69, 9.17) is 4.42 Å². The maximum atomic E-state index is 13.2. The number of unbranched alkanes of at least 4 members (excludes halogenated alkanes) is 3. The standard InChI is InChI=1S/C23H33FN2O2/c1-5-6-7-8-15-25-22(27)21-14-13-20(28-21)17-26(23(2,3)4)16-18-9-11-19(24)12-10-18/h9-14H,5-8,15-17H2,1-4H3,(H,25,27)/p+1. The molecule has 0 fully saturated rings. The molecule has 0 aliphatic heterocycles. The van der Waals surface area contributed by atoms with Crippen LogP contribution in [-0.4, -0.2) is 18.0 Å². The molecule has 0 saturated heterocycles. The van der Waals surface area contributed by atoms with Crippen molar-refractivity contribution in [3.63, 3.8) is 0 Å². The van der Waals surface area contributed by atoms with Crippen molar-refractivity contribution in [1.29, 1.82) is 0 Å². The van der Waals surface area contributed by atoms with Gasteiger partial charge >= 0.3 is 0 Å². The highest BCUT2D eigenvalue weighted by Gasteiger charge is 2.27. The number of carbonyl (C=O) groups is 1. The number of nitrogens with one attached hydrogen (secondary N) is 2. The Morgan fingerprint density at radius 1 is 1.04 bits per heavy atom. The summed E-state index contributed by atoms with van der Waals surface area (Å²) < 4.78 is 19.0. The zero-order chi connectivity index (χ0) is 20.6. The number of quaternary nitrogens is 1. The third-order valence-electron chi connectivity index (χ3n) is 4.98. The summed E-state index contributed by atoms with van der Waals surface area (Å²) in [5.74, 6) is 0.764. The number of benzene rings is 1. The molecule has 154 valence electrons. The number of carbonyl (C=O) groups excluding carboxylic acids is 1. The third-order valence-corrected chi connectivity index (χ3v) is 4.98. The van der Waals surface area contributed by atoms with Crippen LogP contribution in [0.15, 0.2) is 40.8 Å². The van der Waals surface area contributed by atoms with Gasteiger partial charge in [-0.15, -0.1) is 0 Å². The Balaban J connectivity index is 1.95. The molecule has 1 aromatic carbocycles. The van der Waals surface area contributed by atoms with E-state index in [1.165, 1.54) is 29.9 Å². The first kappa shape index (κ1) is 22.2.